The molecule has 4 aromatic rings. The molecule has 0 atom stereocenters. The molecule has 0 saturated heterocycles. The molecule has 7 rings (SSSR count). The minimum absolute atomic E-state index is 0.0287. The van der Waals surface area contributed by atoms with Crippen molar-refractivity contribution in [1.82, 2.24) is 4.31 Å². The number of carboxylic acid groups (broad SMARTS) is 3. The zero-order valence-corrected chi connectivity index (χ0v) is 49.0. The van der Waals surface area contributed by atoms with E-state index in [0.29, 0.717) is 45.1 Å². The Morgan fingerprint density at radius 2 is 1.16 bits per heavy atom. The van der Waals surface area contributed by atoms with Crippen LogP contribution in [0, 0.1) is 5.41 Å². The maximum atomic E-state index is 15.5. The lowest BCUT2D eigenvalue weighted by Gasteiger charge is -2.35. The third-order valence-electron chi connectivity index (χ3n) is 15.1. The average Bonchev–Trinajstić information content (AvgIpc) is 3.46. The van der Waals surface area contributed by atoms with E-state index >= 15 is 9.59 Å². The molecule has 0 amide bonds. The van der Waals surface area contributed by atoms with E-state index in [1.807, 2.05) is 0 Å². The van der Waals surface area contributed by atoms with E-state index in [0.717, 1.165) is 4.31 Å². The number of aromatic carboxylic acids is 2. The van der Waals surface area contributed by atoms with Gasteiger partial charge in [-0.05, 0) is 117 Å². The van der Waals surface area contributed by atoms with Gasteiger partial charge in [-0.25, -0.2) is 22.3 Å². The predicted molar refractivity (Wildman–Crippen MR) is 305 cm³/mol. The fraction of sp³-hybridized carbons (Fsp3) is 0.333. The van der Waals surface area contributed by atoms with Gasteiger partial charge in [0.05, 0.1) is 37.8 Å². The maximum absolute atomic E-state index is 15.5. The number of carboxylic acids is 3. The van der Waals surface area contributed by atoms with Crippen LogP contribution in [0.15, 0.2) is 142 Å². The quantitative estimate of drug-likeness (QED) is 0.0172. The molecule has 0 spiro atoms. The summed E-state index contributed by atoms with van der Waals surface area (Å²) in [5.41, 5.74) is -1.37. The van der Waals surface area contributed by atoms with E-state index < -0.39 is 102 Å². The molecule has 0 bridgehead atoms. The minimum atomic E-state index is -4.71. The molecule has 83 heavy (non-hydrogen) atoms. The Hall–Kier alpha value is -7.30. The maximum Gasteiger partial charge on any atom is 0.335 e. The summed E-state index contributed by atoms with van der Waals surface area (Å²) in [5.74, 6) is -6.49. The van der Waals surface area contributed by atoms with Gasteiger partial charge >= 0.3 is 17.9 Å². The van der Waals surface area contributed by atoms with E-state index in [4.69, 9.17) is 5.11 Å². The van der Waals surface area contributed by atoms with E-state index in [1.165, 1.54) is 85.9 Å². The molecule has 0 fully saturated rings. The van der Waals surface area contributed by atoms with Crippen LogP contribution in [0.1, 0.15) is 119 Å². The standard InChI is InChI=1S/C57H61N3O19S4/c1-55(2)44-32-42(82(75,76)58(5)26-6-9-50(61)62)20-22-46(44)59(27-7-29-80(69,70)71)48(55)24-10-36-31-37(11-25-49-56(3,4)45-33-43(83(77,78)79)21-23-47(45)60(49)28-8-30-81(72,73)74)35-57(34-36,51(63)38-12-16-40(17-13-38)53(65)66)52(64)39-14-18-41(19-15-39)54(67)68/h10-25,31-33H,6-9,26-30,34-35H2,1-5H3,(H5-,61,62,65,66,67,68,69,70,71,72,73,74,77,78,79)/p+1. The summed E-state index contributed by atoms with van der Waals surface area (Å²) in [6, 6.07) is 18.1. The molecule has 2 aliphatic heterocycles. The van der Waals surface area contributed by atoms with Gasteiger partial charge in [0.25, 0.3) is 30.4 Å². The molecule has 0 aromatic heterocycles. The van der Waals surface area contributed by atoms with Gasteiger partial charge in [-0.15, -0.1) is 0 Å². The zero-order chi connectivity index (χ0) is 61.4. The summed E-state index contributed by atoms with van der Waals surface area (Å²) in [6.45, 7) is 6.90. The van der Waals surface area contributed by atoms with Gasteiger partial charge in [-0.1, -0.05) is 56.3 Å². The molecule has 22 nitrogen and oxygen atoms in total. The molecule has 2 heterocycles. The molecule has 6 N–H and O–H groups in total. The number of fused-ring (bicyclic) bond motifs is 2. The number of hydrogen-bond donors (Lipinski definition) is 6. The SMILES string of the molecule is CN(CCCC(=O)O)S(=O)(=O)c1ccc2c(c1)C(C)(C)C(/C=C/C1=CC(=C/C=C3/N(CCCS(=O)(=O)O)c4ccc(S(=O)(=O)O)cc4C3(C)C)/CC(C(=O)c3ccc(C(=O)O)cc3)(C(=O)c3ccc(C(=O)O)cc3)C1)=[N+]2CCCS(=O)(=O)O. The van der Waals surface area contributed by atoms with Crippen molar-refractivity contribution in [2.45, 2.75) is 86.8 Å². The molecule has 4 aromatic carbocycles. The molecule has 0 saturated carbocycles. The summed E-state index contributed by atoms with van der Waals surface area (Å²) in [6.07, 6.45) is 7.09. The number of allylic oxidation sites excluding steroid dienone is 8. The summed E-state index contributed by atoms with van der Waals surface area (Å²) < 4.78 is 133. The van der Waals surface area contributed by atoms with Crippen LogP contribution in [-0.2, 0) is 56.0 Å². The third-order valence-corrected chi connectivity index (χ3v) is 19.4. The van der Waals surface area contributed by atoms with Crippen molar-refractivity contribution in [2.24, 2.45) is 5.41 Å². The van der Waals surface area contributed by atoms with Crippen LogP contribution in [0.2, 0.25) is 0 Å². The number of anilines is 1. The number of rotatable bonds is 24. The van der Waals surface area contributed by atoms with Crippen LogP contribution in [0.4, 0.5) is 11.4 Å². The van der Waals surface area contributed by atoms with Gasteiger partial charge in [-0.2, -0.15) is 29.8 Å². The van der Waals surface area contributed by atoms with Gasteiger partial charge in [0.2, 0.25) is 15.7 Å². The Morgan fingerprint density at radius 1 is 0.627 bits per heavy atom. The molecular formula is C57H62N3O19S4+. The zero-order valence-electron chi connectivity index (χ0n) is 45.7. The van der Waals surface area contributed by atoms with Crippen molar-refractivity contribution in [3.05, 3.63) is 166 Å². The second-order valence-electron chi connectivity index (χ2n) is 21.6. The van der Waals surface area contributed by atoms with Crippen molar-refractivity contribution < 1.29 is 91.2 Å². The summed E-state index contributed by atoms with van der Waals surface area (Å²) >= 11 is 0. The van der Waals surface area contributed by atoms with Gasteiger partial charge < -0.3 is 20.2 Å². The lowest BCUT2D eigenvalue weighted by Crippen LogP contribution is -2.42. The molecular weight excluding hydrogens is 1160 g/mol. The van der Waals surface area contributed by atoms with Crippen LogP contribution >= 0.6 is 0 Å². The van der Waals surface area contributed by atoms with Gasteiger partial charge in [0, 0.05) is 78.6 Å². The lowest BCUT2D eigenvalue weighted by molar-refractivity contribution is -0.437. The average molecular weight is 1220 g/mol. The highest BCUT2D eigenvalue weighted by atomic mass is 32.2. The third kappa shape index (κ3) is 13.9. The molecule has 0 radical (unpaired) electrons. The van der Waals surface area contributed by atoms with Crippen LogP contribution in [0.25, 0.3) is 0 Å². The van der Waals surface area contributed by atoms with Crippen LogP contribution < -0.4 is 4.90 Å². The summed E-state index contributed by atoms with van der Waals surface area (Å²) in [7, 11) is -16.5. The fourth-order valence-corrected chi connectivity index (χ4v) is 13.6. The number of nitrogens with zero attached hydrogens (tertiary/aromatic N) is 3. The molecule has 1 aliphatic carbocycles. The fourth-order valence-electron chi connectivity index (χ4n) is 10.9. The Balaban J connectivity index is 1.45. The van der Waals surface area contributed by atoms with Crippen molar-refractivity contribution >= 4 is 86.9 Å². The second-order valence-corrected chi connectivity index (χ2v) is 28.2. The van der Waals surface area contributed by atoms with E-state index in [2.05, 4.69) is 0 Å². The molecule has 0 unspecified atom stereocenters. The molecule has 3 aliphatic rings. The monoisotopic (exact) mass is 1220 g/mol. The lowest BCUT2D eigenvalue weighted by atomic mass is 9.64. The van der Waals surface area contributed by atoms with Crippen molar-refractivity contribution in [2.75, 3.05) is 43.1 Å². The Morgan fingerprint density at radius 3 is 1.69 bits per heavy atom. The predicted octanol–water partition coefficient (Wildman–Crippen LogP) is 7.38. The van der Waals surface area contributed by atoms with E-state index in [-0.39, 0.29) is 85.3 Å². The normalized spacial score (nSPS) is 17.7. The summed E-state index contributed by atoms with van der Waals surface area (Å²) in [4.78, 5) is 67.3. The van der Waals surface area contributed by atoms with Crippen molar-refractivity contribution in [3.63, 3.8) is 0 Å². The van der Waals surface area contributed by atoms with Crippen LogP contribution in [0.3, 0.4) is 0 Å². The van der Waals surface area contributed by atoms with Crippen LogP contribution in [0.5, 0.6) is 0 Å². The Kier molecular flexibility index (Phi) is 18.1. The van der Waals surface area contributed by atoms with E-state index in [1.54, 1.807) is 73.6 Å². The van der Waals surface area contributed by atoms with Gasteiger partial charge in [0.15, 0.2) is 17.3 Å². The first kappa shape index (κ1) is 63.3. The van der Waals surface area contributed by atoms with Crippen molar-refractivity contribution in [3.8, 4) is 0 Å². The number of ketones is 2. The highest BCUT2D eigenvalue weighted by Crippen LogP contribution is 2.50. The van der Waals surface area contributed by atoms with Crippen LogP contribution in [-0.4, -0.2) is 145 Å². The minimum Gasteiger partial charge on any atom is -0.481 e. The molecule has 442 valence electrons. The first-order chi connectivity index (χ1) is 38.5. The number of sulfonamides is 1. The highest BCUT2D eigenvalue weighted by molar-refractivity contribution is 7.89. The first-order valence-electron chi connectivity index (χ1n) is 25.8. The smallest absolute Gasteiger partial charge is 0.335 e. The Labute approximate surface area is 480 Å². The number of benzene rings is 4. The first-order valence-corrected chi connectivity index (χ1v) is 31.9. The topological polar surface area (TPSA) is 353 Å². The number of Topliss-reactive ketones (excluding diaryl/α,β-unsaturated/α-hetero) is 2. The number of aliphatic carboxylic acids is 1. The largest absolute Gasteiger partial charge is 0.481 e. The Bertz CT molecular complexity index is 3900. The van der Waals surface area contributed by atoms with Crippen molar-refractivity contribution in [1.29, 1.82) is 0 Å². The summed E-state index contributed by atoms with van der Waals surface area (Å²) in [5, 5.41) is 28.7. The van der Waals surface area contributed by atoms with Gasteiger partial charge in [-0.3, -0.25) is 28.0 Å². The molecule has 26 heteroatoms. The second kappa shape index (κ2) is 23.8. The number of carbonyl (C=O) groups excluding carboxylic acids is 2. The number of carbonyl (C=O) groups is 5. The highest BCUT2D eigenvalue weighted by Gasteiger charge is 2.50. The van der Waals surface area contributed by atoms with E-state index in [9.17, 15) is 71.9 Å². The van der Waals surface area contributed by atoms with Gasteiger partial charge in [0.1, 0.15) is 12.0 Å². The number of hydrogen-bond acceptors (Lipinski definition) is 14.